The molecule has 0 bridgehead atoms. The summed E-state index contributed by atoms with van der Waals surface area (Å²) in [6.07, 6.45) is 2.42. The van der Waals surface area contributed by atoms with Crippen molar-refractivity contribution in [2.75, 3.05) is 11.9 Å². The van der Waals surface area contributed by atoms with Gasteiger partial charge in [-0.3, -0.25) is 0 Å². The van der Waals surface area contributed by atoms with Gasteiger partial charge < -0.3 is 0 Å². The number of fused-ring (bicyclic) bond motifs is 2. The molecule has 0 fully saturated rings. The Hall–Kier alpha value is -1.31. The fourth-order valence-corrected chi connectivity index (χ4v) is 7.54. The fourth-order valence-electron chi connectivity index (χ4n) is 2.60. The summed E-state index contributed by atoms with van der Waals surface area (Å²) in [5, 5.41) is 0. The maximum atomic E-state index is 2.42. The fraction of sp³-hybridized carbons (Fsp3) is 0.118. The van der Waals surface area contributed by atoms with Crippen LogP contribution in [0, 0.1) is 0 Å². The topological polar surface area (TPSA) is 7.12 Å². The van der Waals surface area contributed by atoms with Gasteiger partial charge in [-0.1, -0.05) is 0 Å². The summed E-state index contributed by atoms with van der Waals surface area (Å²) in [5.41, 5.74) is 2.74. The van der Waals surface area contributed by atoms with Crippen LogP contribution in [0.1, 0.15) is 4.57 Å². The summed E-state index contributed by atoms with van der Waals surface area (Å²) < 4.78 is 8.25. The number of hydrogen-bond donors (Lipinski definition) is 0. The first kappa shape index (κ1) is 13.4. The molecule has 4 heteroatoms. The standard InChI is InChI=1S/C17H15N2Se2/c1-18-12-7-3-5-9-14(12)20-16(18)11-17-19(2)13-8-4-6-10-15(13)21-17/h3-11H,1-2H3/q+1. The molecule has 0 atom stereocenters. The molecule has 1 aliphatic heterocycles. The second-order valence-corrected chi connectivity index (χ2v) is 9.54. The van der Waals surface area contributed by atoms with Crippen molar-refractivity contribution in [3.63, 3.8) is 0 Å². The summed E-state index contributed by atoms with van der Waals surface area (Å²) >= 11 is 0.841. The zero-order chi connectivity index (χ0) is 14.4. The first-order valence-electron chi connectivity index (χ1n) is 6.84. The van der Waals surface area contributed by atoms with Crippen LogP contribution in [-0.2, 0) is 7.05 Å². The van der Waals surface area contributed by atoms with Gasteiger partial charge in [0.25, 0.3) is 0 Å². The molecule has 0 N–H and O–H groups in total. The third-order valence-corrected chi connectivity index (χ3v) is 8.68. The zero-order valence-corrected chi connectivity index (χ0v) is 15.3. The molecule has 0 aliphatic carbocycles. The third-order valence-electron chi connectivity index (χ3n) is 3.79. The van der Waals surface area contributed by atoms with Gasteiger partial charge in [0, 0.05) is 0 Å². The minimum absolute atomic E-state index is 0.421. The van der Waals surface area contributed by atoms with E-state index in [2.05, 4.69) is 78.2 Å². The van der Waals surface area contributed by atoms with E-state index in [1.807, 2.05) is 0 Å². The number of aryl methyl sites for hydroxylation is 1. The summed E-state index contributed by atoms with van der Waals surface area (Å²) in [7, 11) is 4.38. The van der Waals surface area contributed by atoms with Crippen LogP contribution >= 0.6 is 0 Å². The Kier molecular flexibility index (Phi) is 3.28. The normalized spacial score (nSPS) is 15.9. The van der Waals surface area contributed by atoms with E-state index in [1.54, 1.807) is 0 Å². The van der Waals surface area contributed by atoms with Crippen LogP contribution in [0.25, 0.3) is 15.9 Å². The molecular weight excluding hydrogens is 390 g/mol. The quantitative estimate of drug-likeness (QED) is 0.440. The van der Waals surface area contributed by atoms with Crippen LogP contribution in [0.4, 0.5) is 5.69 Å². The Bertz CT molecular complexity index is 864. The van der Waals surface area contributed by atoms with Crippen LogP contribution in [0.2, 0.25) is 0 Å². The van der Waals surface area contributed by atoms with Crippen molar-refractivity contribution in [3.8, 4) is 0 Å². The molecule has 0 spiro atoms. The average Bonchev–Trinajstić information content (AvgIpc) is 2.99. The molecule has 2 nitrogen and oxygen atoms in total. The Labute approximate surface area is 136 Å². The van der Waals surface area contributed by atoms with Crippen molar-refractivity contribution >= 4 is 55.5 Å². The van der Waals surface area contributed by atoms with Gasteiger partial charge in [0.15, 0.2) is 0 Å². The van der Waals surface area contributed by atoms with Crippen molar-refractivity contribution in [2.45, 2.75) is 0 Å². The number of anilines is 1. The van der Waals surface area contributed by atoms with Crippen molar-refractivity contribution in [1.29, 1.82) is 0 Å². The number of aromatic nitrogens is 1. The average molecular weight is 405 g/mol. The molecule has 1 aromatic heterocycles. The second-order valence-electron chi connectivity index (χ2n) is 5.08. The first-order chi connectivity index (χ1) is 10.2. The molecule has 2 heterocycles. The van der Waals surface area contributed by atoms with E-state index in [4.69, 9.17) is 0 Å². The number of nitrogens with zero attached hydrogens (tertiary/aromatic N) is 2. The molecule has 4 rings (SSSR count). The number of hydrogen-bond acceptors (Lipinski definition) is 1. The Morgan fingerprint density at radius 3 is 2.62 bits per heavy atom. The molecular formula is C17H15N2Se2+. The molecule has 0 amide bonds. The molecule has 0 radical (unpaired) electrons. The van der Waals surface area contributed by atoms with E-state index in [0.717, 1.165) is 0 Å². The van der Waals surface area contributed by atoms with E-state index in [1.165, 1.54) is 29.1 Å². The van der Waals surface area contributed by atoms with Crippen molar-refractivity contribution < 1.29 is 4.57 Å². The van der Waals surface area contributed by atoms with Gasteiger partial charge >= 0.3 is 137 Å². The molecule has 0 unspecified atom stereocenters. The number of rotatable bonds is 1. The number of benzene rings is 2. The van der Waals surface area contributed by atoms with Gasteiger partial charge in [0.05, 0.1) is 0 Å². The monoisotopic (exact) mass is 407 g/mol. The molecule has 1 aliphatic rings. The predicted molar refractivity (Wildman–Crippen MR) is 90.3 cm³/mol. The molecule has 3 aromatic rings. The van der Waals surface area contributed by atoms with E-state index in [9.17, 15) is 0 Å². The Morgan fingerprint density at radius 2 is 1.81 bits per heavy atom. The van der Waals surface area contributed by atoms with Crippen LogP contribution in [-0.4, -0.2) is 36.5 Å². The first-order valence-corrected chi connectivity index (χ1v) is 10.3. The Morgan fingerprint density at radius 1 is 1.05 bits per heavy atom. The summed E-state index contributed by atoms with van der Waals surface area (Å²) in [6.45, 7) is 0. The molecule has 104 valence electrons. The van der Waals surface area contributed by atoms with Gasteiger partial charge in [-0.2, -0.15) is 0 Å². The van der Waals surface area contributed by atoms with Crippen LogP contribution in [0.15, 0.2) is 53.1 Å². The van der Waals surface area contributed by atoms with Crippen molar-refractivity contribution in [3.05, 3.63) is 57.7 Å². The van der Waals surface area contributed by atoms with Crippen molar-refractivity contribution in [2.24, 2.45) is 7.05 Å². The van der Waals surface area contributed by atoms with E-state index in [0.29, 0.717) is 29.5 Å². The minimum atomic E-state index is 0.421. The van der Waals surface area contributed by atoms with Gasteiger partial charge in [-0.25, -0.2) is 0 Å². The molecule has 0 saturated heterocycles. The van der Waals surface area contributed by atoms with E-state index < -0.39 is 0 Å². The third kappa shape index (κ3) is 2.20. The van der Waals surface area contributed by atoms with Gasteiger partial charge in [-0.15, -0.1) is 0 Å². The van der Waals surface area contributed by atoms with Gasteiger partial charge in [0.1, 0.15) is 0 Å². The van der Waals surface area contributed by atoms with Gasteiger partial charge in [0.2, 0.25) is 0 Å². The Balaban J connectivity index is 1.80. The van der Waals surface area contributed by atoms with Crippen molar-refractivity contribution in [1.82, 2.24) is 0 Å². The number of para-hydroxylation sites is 2. The van der Waals surface area contributed by atoms with E-state index in [-0.39, 0.29) is 0 Å². The zero-order valence-electron chi connectivity index (χ0n) is 11.9. The maximum absolute atomic E-state index is 2.42. The van der Waals surface area contributed by atoms with E-state index >= 15 is 0 Å². The SMILES string of the molecule is CN1C(=Cc2[se]c3ccccc3[n+]2C)[Se]c2ccccc21. The second kappa shape index (κ2) is 5.15. The van der Waals surface area contributed by atoms with Gasteiger partial charge in [-0.05, 0) is 0 Å². The summed E-state index contributed by atoms with van der Waals surface area (Å²) in [4.78, 5) is 2.36. The van der Waals surface area contributed by atoms with Crippen LogP contribution < -0.4 is 13.9 Å². The predicted octanol–water partition coefficient (Wildman–Crippen LogP) is 1.50. The summed E-state index contributed by atoms with van der Waals surface area (Å²) in [5.74, 6) is 0. The molecule has 2 aromatic carbocycles. The van der Waals surface area contributed by atoms with Crippen LogP contribution in [0.5, 0.6) is 0 Å². The summed E-state index contributed by atoms with van der Waals surface area (Å²) in [6, 6.07) is 17.5. The molecule has 0 saturated carbocycles. The molecule has 21 heavy (non-hydrogen) atoms. The van der Waals surface area contributed by atoms with Crippen LogP contribution in [0.3, 0.4) is 0 Å².